The minimum atomic E-state index is -3.73. The maximum Gasteiger partial charge on any atom is 0.261 e. The van der Waals surface area contributed by atoms with E-state index in [4.69, 9.17) is 11.6 Å². The minimum absolute atomic E-state index is 0.129. The SMILES string of the molecule is C=C.CC(=O)c1cc(Cl)ccc1NS(=O)(=O)c1ccccc1.CC(C)c1ccccc1. The molecular formula is C25H28ClNO3S. The molecule has 0 aliphatic heterocycles. The summed E-state index contributed by atoms with van der Waals surface area (Å²) in [5.74, 6) is 0.393. The summed E-state index contributed by atoms with van der Waals surface area (Å²) >= 11 is 5.82. The third-order valence-corrected chi connectivity index (χ3v) is 5.74. The van der Waals surface area contributed by atoms with Gasteiger partial charge in [0.1, 0.15) is 0 Å². The fraction of sp³-hybridized carbons (Fsp3) is 0.160. The van der Waals surface area contributed by atoms with Crippen molar-refractivity contribution >= 4 is 33.1 Å². The van der Waals surface area contributed by atoms with Gasteiger partial charge in [0.05, 0.1) is 10.6 Å². The molecule has 3 aromatic rings. The number of benzene rings is 3. The quantitative estimate of drug-likeness (QED) is 0.333. The highest BCUT2D eigenvalue weighted by Crippen LogP contribution is 2.24. The van der Waals surface area contributed by atoms with Gasteiger partial charge in [0.2, 0.25) is 0 Å². The Morgan fingerprint density at radius 2 is 1.42 bits per heavy atom. The van der Waals surface area contributed by atoms with Crippen molar-refractivity contribution in [3.05, 3.63) is 108 Å². The maximum absolute atomic E-state index is 12.2. The van der Waals surface area contributed by atoms with E-state index in [1.165, 1.54) is 42.8 Å². The van der Waals surface area contributed by atoms with Crippen LogP contribution in [0.15, 0.2) is 96.9 Å². The third kappa shape index (κ3) is 8.40. The summed E-state index contributed by atoms with van der Waals surface area (Å²) in [6, 6.07) is 22.9. The van der Waals surface area contributed by atoms with Crippen LogP contribution in [-0.4, -0.2) is 14.2 Å². The van der Waals surface area contributed by atoms with Crippen molar-refractivity contribution in [3.8, 4) is 0 Å². The van der Waals surface area contributed by atoms with Gasteiger partial charge in [-0.2, -0.15) is 0 Å². The molecule has 0 aromatic heterocycles. The van der Waals surface area contributed by atoms with E-state index in [1.807, 2.05) is 6.07 Å². The van der Waals surface area contributed by atoms with E-state index < -0.39 is 10.0 Å². The number of anilines is 1. The van der Waals surface area contributed by atoms with Gasteiger partial charge in [0.15, 0.2) is 5.78 Å². The zero-order valence-corrected chi connectivity index (χ0v) is 19.6. The lowest BCUT2D eigenvalue weighted by molar-refractivity contribution is 0.101. The second-order valence-electron chi connectivity index (χ2n) is 6.73. The van der Waals surface area contributed by atoms with Gasteiger partial charge < -0.3 is 0 Å². The van der Waals surface area contributed by atoms with Gasteiger partial charge in [-0.1, -0.05) is 74.0 Å². The van der Waals surface area contributed by atoms with E-state index in [-0.39, 0.29) is 21.9 Å². The van der Waals surface area contributed by atoms with E-state index in [2.05, 4.69) is 56.0 Å². The predicted molar refractivity (Wildman–Crippen MR) is 130 cm³/mol. The summed E-state index contributed by atoms with van der Waals surface area (Å²) in [5, 5.41) is 0.373. The van der Waals surface area contributed by atoms with Crippen LogP contribution in [0.3, 0.4) is 0 Å². The molecule has 164 valence electrons. The summed E-state index contributed by atoms with van der Waals surface area (Å²) in [6.45, 7) is 11.8. The normalized spacial score (nSPS) is 10.2. The smallest absolute Gasteiger partial charge is 0.261 e. The van der Waals surface area contributed by atoms with Crippen molar-refractivity contribution in [3.63, 3.8) is 0 Å². The highest BCUT2D eigenvalue weighted by molar-refractivity contribution is 7.92. The van der Waals surface area contributed by atoms with Crippen molar-refractivity contribution in [2.24, 2.45) is 0 Å². The maximum atomic E-state index is 12.2. The van der Waals surface area contributed by atoms with Gasteiger partial charge in [-0.25, -0.2) is 8.42 Å². The van der Waals surface area contributed by atoms with Crippen LogP contribution in [-0.2, 0) is 10.0 Å². The summed E-state index contributed by atoms with van der Waals surface area (Å²) in [7, 11) is -3.73. The number of Topliss-reactive ketones (excluding diaryl/α,β-unsaturated/α-hetero) is 1. The Morgan fingerprint density at radius 3 is 1.87 bits per heavy atom. The summed E-state index contributed by atoms with van der Waals surface area (Å²) in [5.41, 5.74) is 1.86. The number of ketones is 1. The molecule has 0 fully saturated rings. The number of rotatable bonds is 5. The van der Waals surface area contributed by atoms with Crippen LogP contribution in [0.1, 0.15) is 42.6 Å². The molecule has 31 heavy (non-hydrogen) atoms. The van der Waals surface area contributed by atoms with Gasteiger partial charge in [0.25, 0.3) is 10.0 Å². The number of hydrogen-bond acceptors (Lipinski definition) is 3. The average molecular weight is 458 g/mol. The standard InChI is InChI=1S/C14H12ClNO3S.C9H12.C2H4/c1-10(17)13-9-11(15)7-8-14(13)16-20(18,19)12-5-3-2-4-6-12;1-8(2)9-6-4-3-5-7-9;1-2/h2-9,16H,1H3;3-8H,1-2H3;1-2H2. The van der Waals surface area contributed by atoms with Crippen LogP contribution in [0.5, 0.6) is 0 Å². The topological polar surface area (TPSA) is 63.2 Å². The van der Waals surface area contributed by atoms with Crippen LogP contribution in [0.25, 0.3) is 0 Å². The van der Waals surface area contributed by atoms with Crippen LogP contribution < -0.4 is 4.72 Å². The lowest BCUT2D eigenvalue weighted by Crippen LogP contribution is -2.15. The summed E-state index contributed by atoms with van der Waals surface area (Å²) < 4.78 is 26.8. The Kier molecular flexibility index (Phi) is 10.7. The van der Waals surface area contributed by atoms with Gasteiger partial charge in [-0.05, 0) is 48.7 Å². The minimum Gasteiger partial charge on any atom is -0.294 e. The summed E-state index contributed by atoms with van der Waals surface area (Å²) in [4.78, 5) is 11.7. The fourth-order valence-corrected chi connectivity index (χ4v) is 3.81. The molecule has 0 spiro atoms. The van der Waals surface area contributed by atoms with Crippen molar-refractivity contribution < 1.29 is 13.2 Å². The molecule has 3 aromatic carbocycles. The van der Waals surface area contributed by atoms with E-state index in [0.717, 1.165) is 0 Å². The van der Waals surface area contributed by atoms with E-state index in [0.29, 0.717) is 10.9 Å². The summed E-state index contributed by atoms with van der Waals surface area (Å²) in [6.07, 6.45) is 0. The number of carbonyl (C=O) groups is 1. The van der Waals surface area contributed by atoms with Crippen LogP contribution in [0.4, 0.5) is 5.69 Å². The lowest BCUT2D eigenvalue weighted by atomic mass is 10.0. The lowest BCUT2D eigenvalue weighted by Gasteiger charge is -2.11. The number of halogens is 1. The molecule has 0 unspecified atom stereocenters. The van der Waals surface area contributed by atoms with Crippen molar-refractivity contribution in [1.29, 1.82) is 0 Å². The zero-order chi connectivity index (χ0) is 23.4. The average Bonchev–Trinajstić information content (AvgIpc) is 2.78. The first-order valence-electron chi connectivity index (χ1n) is 9.64. The second-order valence-corrected chi connectivity index (χ2v) is 8.85. The Balaban J connectivity index is 0.000000365. The molecule has 0 saturated heterocycles. The molecule has 0 radical (unpaired) electrons. The molecule has 0 aliphatic carbocycles. The van der Waals surface area contributed by atoms with Crippen molar-refractivity contribution in [2.75, 3.05) is 4.72 Å². The molecular weight excluding hydrogens is 430 g/mol. The molecule has 0 saturated carbocycles. The van der Waals surface area contributed by atoms with Crippen molar-refractivity contribution in [2.45, 2.75) is 31.6 Å². The van der Waals surface area contributed by atoms with E-state index in [1.54, 1.807) is 18.2 Å². The molecule has 0 atom stereocenters. The predicted octanol–water partition coefficient (Wildman–Crippen LogP) is 6.96. The molecule has 1 N–H and O–H groups in total. The molecule has 0 bridgehead atoms. The third-order valence-electron chi connectivity index (χ3n) is 4.12. The number of carbonyl (C=O) groups excluding carboxylic acids is 1. The Labute approximate surface area is 190 Å². The van der Waals surface area contributed by atoms with Crippen molar-refractivity contribution in [1.82, 2.24) is 0 Å². The number of sulfonamides is 1. The second kappa shape index (κ2) is 12.7. The Hall–Kier alpha value is -2.89. The first-order chi connectivity index (χ1) is 14.7. The van der Waals surface area contributed by atoms with Crippen LogP contribution in [0.2, 0.25) is 5.02 Å². The van der Waals surface area contributed by atoms with Gasteiger partial charge >= 0.3 is 0 Å². The highest BCUT2D eigenvalue weighted by Gasteiger charge is 2.17. The van der Waals surface area contributed by atoms with Gasteiger partial charge in [-0.15, -0.1) is 13.2 Å². The number of hydrogen-bond donors (Lipinski definition) is 1. The highest BCUT2D eigenvalue weighted by atomic mass is 35.5. The van der Waals surface area contributed by atoms with Gasteiger partial charge in [0, 0.05) is 10.6 Å². The first kappa shape index (κ1) is 26.1. The molecule has 0 aliphatic rings. The Morgan fingerprint density at radius 1 is 0.903 bits per heavy atom. The largest absolute Gasteiger partial charge is 0.294 e. The molecule has 6 heteroatoms. The molecule has 4 nitrogen and oxygen atoms in total. The Bertz CT molecular complexity index is 1070. The van der Waals surface area contributed by atoms with Crippen LogP contribution in [0, 0.1) is 0 Å². The zero-order valence-electron chi connectivity index (χ0n) is 18.0. The molecule has 3 rings (SSSR count). The monoisotopic (exact) mass is 457 g/mol. The molecule has 0 heterocycles. The van der Waals surface area contributed by atoms with Gasteiger partial charge in [-0.3, -0.25) is 9.52 Å². The fourth-order valence-electron chi connectivity index (χ4n) is 2.54. The first-order valence-corrected chi connectivity index (χ1v) is 11.5. The molecule has 0 amide bonds. The van der Waals surface area contributed by atoms with Crippen LogP contribution >= 0.6 is 11.6 Å². The number of nitrogens with one attached hydrogen (secondary N) is 1. The van der Waals surface area contributed by atoms with E-state index >= 15 is 0 Å². The van der Waals surface area contributed by atoms with E-state index in [9.17, 15) is 13.2 Å².